The zero-order valence-electron chi connectivity index (χ0n) is 20.1. The molecule has 0 N–H and O–H groups in total. The van der Waals surface area contributed by atoms with Crippen LogP contribution in [0.4, 0.5) is 10.1 Å². The van der Waals surface area contributed by atoms with Crippen molar-refractivity contribution in [2.75, 3.05) is 11.5 Å². The van der Waals surface area contributed by atoms with Gasteiger partial charge in [0.05, 0.1) is 24.1 Å². The van der Waals surface area contributed by atoms with Crippen LogP contribution in [0.1, 0.15) is 49.6 Å². The van der Waals surface area contributed by atoms with Crippen LogP contribution >= 0.6 is 0 Å². The Kier molecular flexibility index (Phi) is 5.27. The van der Waals surface area contributed by atoms with Crippen LogP contribution in [0.3, 0.4) is 0 Å². The summed E-state index contributed by atoms with van der Waals surface area (Å²) in [5, 5.41) is 0. The van der Waals surface area contributed by atoms with Crippen LogP contribution in [-0.2, 0) is 19.1 Å². The summed E-state index contributed by atoms with van der Waals surface area (Å²) in [5.41, 5.74) is -0.868. The first-order chi connectivity index (χ1) is 18.3. The van der Waals surface area contributed by atoms with E-state index in [1.54, 1.807) is 19.1 Å². The zero-order valence-corrected chi connectivity index (χ0v) is 20.1. The van der Waals surface area contributed by atoms with E-state index in [0.29, 0.717) is 11.3 Å². The van der Waals surface area contributed by atoms with Crippen LogP contribution in [0.2, 0.25) is 0 Å². The first-order valence-corrected chi connectivity index (χ1v) is 12.1. The number of carbonyl (C=O) groups excluding carboxylic acids is 5. The van der Waals surface area contributed by atoms with Gasteiger partial charge in [0.25, 0.3) is 0 Å². The Labute approximate surface area is 216 Å². The van der Waals surface area contributed by atoms with E-state index in [9.17, 15) is 28.4 Å². The third-order valence-electron chi connectivity index (χ3n) is 7.51. The molecule has 0 unspecified atom stereocenters. The minimum atomic E-state index is -2.11. The third-order valence-corrected chi connectivity index (χ3v) is 7.51. The third kappa shape index (κ3) is 3.04. The molecule has 0 aromatic heterocycles. The molecule has 1 spiro atoms. The first-order valence-electron chi connectivity index (χ1n) is 12.1. The van der Waals surface area contributed by atoms with Crippen molar-refractivity contribution in [2.45, 2.75) is 18.5 Å². The predicted molar refractivity (Wildman–Crippen MR) is 130 cm³/mol. The lowest BCUT2D eigenvalue weighted by atomic mass is 9.76. The summed E-state index contributed by atoms with van der Waals surface area (Å²) in [5.74, 6) is -6.79. The Hall–Kier alpha value is -4.66. The molecule has 2 heterocycles. The number of rotatable bonds is 4. The van der Waals surface area contributed by atoms with Gasteiger partial charge in [-0.15, -0.1) is 0 Å². The molecule has 2 saturated heterocycles. The Morgan fingerprint density at radius 3 is 2.08 bits per heavy atom. The molecule has 3 aliphatic rings. The van der Waals surface area contributed by atoms with Gasteiger partial charge in [-0.1, -0.05) is 36.4 Å². The van der Waals surface area contributed by atoms with Crippen molar-refractivity contribution < 1.29 is 37.8 Å². The van der Waals surface area contributed by atoms with Gasteiger partial charge in [-0.2, -0.15) is 0 Å². The second-order valence-corrected chi connectivity index (χ2v) is 9.35. The maximum Gasteiger partial charge on any atom is 0.338 e. The first kappa shape index (κ1) is 23.7. The van der Waals surface area contributed by atoms with Gasteiger partial charge in [-0.05, 0) is 48.9 Å². The number of fused-ring (bicyclic) bond motifs is 3. The predicted octanol–water partition coefficient (Wildman–Crippen LogP) is 3.70. The number of hydrogen-bond acceptors (Lipinski definition) is 8. The Morgan fingerprint density at radius 1 is 0.895 bits per heavy atom. The number of ether oxygens (including phenoxy) is 2. The summed E-state index contributed by atoms with van der Waals surface area (Å²) in [6, 6.07) is 16.6. The van der Waals surface area contributed by atoms with Crippen LogP contribution in [0, 0.1) is 17.7 Å². The number of nitrogens with zero attached hydrogens (tertiary/aromatic N) is 1. The van der Waals surface area contributed by atoms with E-state index in [1.807, 2.05) is 0 Å². The number of cyclic esters (lactones) is 2. The number of anilines is 1. The van der Waals surface area contributed by atoms with Gasteiger partial charge in [-0.3, -0.25) is 19.2 Å². The molecule has 3 atom stereocenters. The van der Waals surface area contributed by atoms with E-state index < -0.39 is 58.7 Å². The average Bonchev–Trinajstić information content (AvgIpc) is 3.48. The molecule has 0 bridgehead atoms. The highest BCUT2D eigenvalue weighted by Crippen LogP contribution is 2.59. The van der Waals surface area contributed by atoms with Crippen molar-refractivity contribution in [2.24, 2.45) is 11.8 Å². The summed E-state index contributed by atoms with van der Waals surface area (Å²) in [7, 11) is 0. The van der Waals surface area contributed by atoms with Crippen molar-refractivity contribution in [3.63, 3.8) is 0 Å². The number of carbonyl (C=O) groups is 5. The standard InChI is InChI=1S/C29H20FNO7/c1-2-37-26(34)16-9-13-18(14-10-16)31-23(15-7-11-17(30)12-8-15)21-22(28(36)38-27(21)35)29(31)24(32)19-5-3-4-6-20(19)25(29)33/h3-14,21-23H,2H2,1H3/t21-,22+,23+/m0/s1. The van der Waals surface area contributed by atoms with Gasteiger partial charge >= 0.3 is 17.9 Å². The van der Waals surface area contributed by atoms with Gasteiger partial charge in [0.2, 0.25) is 0 Å². The van der Waals surface area contributed by atoms with E-state index >= 15 is 0 Å². The SMILES string of the molecule is CCOC(=O)c1ccc(N2[C@H](c3ccc(F)cc3)[C@H]3C(=O)OC(=O)[C@@H]3C23C(=O)c2ccccc2C3=O)cc1. The second-order valence-electron chi connectivity index (χ2n) is 9.35. The summed E-state index contributed by atoms with van der Waals surface area (Å²) in [6.07, 6.45) is 0. The van der Waals surface area contributed by atoms with Gasteiger partial charge in [0.1, 0.15) is 11.7 Å². The van der Waals surface area contributed by atoms with Crippen LogP contribution in [-0.4, -0.2) is 41.6 Å². The number of esters is 3. The van der Waals surface area contributed by atoms with E-state index in [4.69, 9.17) is 9.47 Å². The topological polar surface area (TPSA) is 107 Å². The van der Waals surface area contributed by atoms with E-state index in [2.05, 4.69) is 0 Å². The van der Waals surface area contributed by atoms with Crippen molar-refractivity contribution in [1.82, 2.24) is 0 Å². The molecule has 9 heteroatoms. The molecule has 0 radical (unpaired) electrons. The molecule has 0 amide bonds. The molecule has 3 aromatic rings. The van der Waals surface area contributed by atoms with E-state index in [1.165, 1.54) is 65.6 Å². The van der Waals surface area contributed by atoms with Crippen molar-refractivity contribution in [3.05, 3.63) is 101 Å². The van der Waals surface area contributed by atoms with Crippen LogP contribution < -0.4 is 4.90 Å². The average molecular weight is 513 g/mol. The molecular weight excluding hydrogens is 493 g/mol. The normalized spacial score (nSPS) is 23.0. The summed E-state index contributed by atoms with van der Waals surface area (Å²) < 4.78 is 23.9. The van der Waals surface area contributed by atoms with Crippen LogP contribution in [0.5, 0.6) is 0 Å². The molecule has 6 rings (SSSR count). The molecule has 38 heavy (non-hydrogen) atoms. The minimum absolute atomic E-state index is 0.135. The number of benzene rings is 3. The Balaban J connectivity index is 1.61. The second kappa shape index (κ2) is 8.44. The number of ketones is 2. The van der Waals surface area contributed by atoms with Crippen LogP contribution in [0.25, 0.3) is 0 Å². The highest BCUT2D eigenvalue weighted by atomic mass is 19.1. The van der Waals surface area contributed by atoms with Crippen molar-refractivity contribution in [3.8, 4) is 0 Å². The monoisotopic (exact) mass is 513 g/mol. The number of halogens is 1. The molecule has 190 valence electrons. The lowest BCUT2D eigenvalue weighted by Crippen LogP contribution is -2.59. The van der Waals surface area contributed by atoms with Gasteiger partial charge in [0, 0.05) is 16.8 Å². The molecular formula is C29H20FNO7. The maximum atomic E-state index is 14.2. The smallest absolute Gasteiger partial charge is 0.338 e. The molecule has 2 fully saturated rings. The fourth-order valence-electron chi connectivity index (χ4n) is 6.03. The fraction of sp³-hybridized carbons (Fsp3) is 0.207. The van der Waals surface area contributed by atoms with Gasteiger partial charge in [0.15, 0.2) is 17.1 Å². The van der Waals surface area contributed by atoms with Crippen molar-refractivity contribution in [1.29, 1.82) is 0 Å². The highest BCUT2D eigenvalue weighted by molar-refractivity contribution is 6.37. The quantitative estimate of drug-likeness (QED) is 0.384. The highest BCUT2D eigenvalue weighted by Gasteiger charge is 2.76. The largest absolute Gasteiger partial charge is 0.462 e. The Bertz CT molecular complexity index is 1490. The summed E-state index contributed by atoms with van der Waals surface area (Å²) in [6.45, 7) is 1.86. The number of hydrogen-bond donors (Lipinski definition) is 0. The molecule has 8 nitrogen and oxygen atoms in total. The van der Waals surface area contributed by atoms with Gasteiger partial charge < -0.3 is 14.4 Å². The summed E-state index contributed by atoms with van der Waals surface area (Å²) in [4.78, 5) is 68.4. The summed E-state index contributed by atoms with van der Waals surface area (Å²) >= 11 is 0. The van der Waals surface area contributed by atoms with E-state index in [0.717, 1.165) is 0 Å². The van der Waals surface area contributed by atoms with Crippen molar-refractivity contribution >= 4 is 35.2 Å². The molecule has 1 aliphatic carbocycles. The van der Waals surface area contributed by atoms with Crippen LogP contribution in [0.15, 0.2) is 72.8 Å². The lowest BCUT2D eigenvalue weighted by molar-refractivity contribution is -0.154. The molecule has 2 aliphatic heterocycles. The lowest BCUT2D eigenvalue weighted by Gasteiger charge is -2.39. The zero-order chi connectivity index (χ0) is 26.8. The minimum Gasteiger partial charge on any atom is -0.462 e. The number of Topliss-reactive ketones (excluding diaryl/α,β-unsaturated/α-hetero) is 2. The van der Waals surface area contributed by atoms with E-state index in [-0.39, 0.29) is 23.3 Å². The maximum absolute atomic E-state index is 14.2. The fourth-order valence-corrected chi connectivity index (χ4v) is 6.03. The molecule has 3 aromatic carbocycles. The Morgan fingerprint density at radius 2 is 1.50 bits per heavy atom. The van der Waals surface area contributed by atoms with Gasteiger partial charge in [-0.25, -0.2) is 9.18 Å². The molecule has 0 saturated carbocycles.